The molecule has 12 heavy (non-hydrogen) atoms. The molecule has 0 amide bonds. The van der Waals surface area contributed by atoms with E-state index in [4.69, 9.17) is 0 Å². The van der Waals surface area contributed by atoms with Gasteiger partial charge in [0.1, 0.15) is 6.04 Å². The largest absolute Gasteiger partial charge is 0.302 e. The van der Waals surface area contributed by atoms with Gasteiger partial charge in [-0.05, 0) is 6.07 Å². The van der Waals surface area contributed by atoms with Crippen molar-refractivity contribution >= 4 is 5.78 Å². The van der Waals surface area contributed by atoms with E-state index in [2.05, 4.69) is 10.4 Å². The van der Waals surface area contributed by atoms with Gasteiger partial charge in [0.2, 0.25) is 0 Å². The number of hydrogen-bond acceptors (Lipinski definition) is 3. The number of ketones is 1. The number of rotatable bonds is 1. The second kappa shape index (κ2) is 2.71. The lowest BCUT2D eigenvalue weighted by atomic mass is 10.1. The van der Waals surface area contributed by atoms with Gasteiger partial charge in [0, 0.05) is 26.2 Å². The maximum Gasteiger partial charge on any atom is 0.157 e. The summed E-state index contributed by atoms with van der Waals surface area (Å²) < 4.78 is 1.74. The van der Waals surface area contributed by atoms with Crippen molar-refractivity contribution in [1.82, 2.24) is 15.1 Å². The summed E-state index contributed by atoms with van der Waals surface area (Å²) in [5.74, 6) is 0.263. The van der Waals surface area contributed by atoms with Gasteiger partial charge in [0.25, 0.3) is 0 Å². The van der Waals surface area contributed by atoms with Gasteiger partial charge in [0.15, 0.2) is 5.78 Å². The number of nitrogens with zero attached hydrogens (tertiary/aromatic N) is 2. The molecule has 0 radical (unpaired) electrons. The summed E-state index contributed by atoms with van der Waals surface area (Å²) in [4.78, 5) is 11.3. The van der Waals surface area contributed by atoms with E-state index >= 15 is 0 Å². The van der Waals surface area contributed by atoms with Crippen molar-refractivity contribution in [2.45, 2.75) is 12.5 Å². The fourth-order valence-electron chi connectivity index (χ4n) is 1.53. The first kappa shape index (κ1) is 7.49. The van der Waals surface area contributed by atoms with Crippen LogP contribution in [0.25, 0.3) is 0 Å². The highest BCUT2D eigenvalue weighted by atomic mass is 16.1. The molecule has 0 aliphatic carbocycles. The molecule has 1 saturated heterocycles. The van der Waals surface area contributed by atoms with Crippen LogP contribution in [0.4, 0.5) is 0 Å². The molecule has 1 atom stereocenters. The molecule has 1 N–H and O–H groups in total. The van der Waals surface area contributed by atoms with E-state index in [1.807, 2.05) is 13.1 Å². The van der Waals surface area contributed by atoms with Crippen LogP contribution >= 0.6 is 0 Å². The lowest BCUT2D eigenvalue weighted by Crippen LogP contribution is -2.20. The molecule has 64 valence electrons. The van der Waals surface area contributed by atoms with Crippen molar-refractivity contribution in [2.75, 3.05) is 6.54 Å². The zero-order valence-corrected chi connectivity index (χ0v) is 6.95. The highest BCUT2D eigenvalue weighted by molar-refractivity contribution is 5.86. The van der Waals surface area contributed by atoms with Crippen molar-refractivity contribution in [3.05, 3.63) is 18.0 Å². The molecule has 1 fully saturated rings. The third-order valence-electron chi connectivity index (χ3n) is 2.20. The number of carbonyl (C=O) groups excluding carboxylic acids is 1. The van der Waals surface area contributed by atoms with Crippen LogP contribution in [0.5, 0.6) is 0 Å². The molecular formula is C8H11N3O. The summed E-state index contributed by atoms with van der Waals surface area (Å²) in [6.45, 7) is 0.786. The number of Topliss-reactive ketones (excluding diaryl/α,β-unsaturated/α-hetero) is 1. The highest BCUT2D eigenvalue weighted by Crippen LogP contribution is 2.18. The van der Waals surface area contributed by atoms with Crippen LogP contribution in [0, 0.1) is 0 Å². The summed E-state index contributed by atoms with van der Waals surface area (Å²) in [5.41, 5.74) is 0.956. The third kappa shape index (κ3) is 1.04. The monoisotopic (exact) mass is 165 g/mol. The van der Waals surface area contributed by atoms with Gasteiger partial charge >= 0.3 is 0 Å². The fraction of sp³-hybridized carbons (Fsp3) is 0.500. The van der Waals surface area contributed by atoms with E-state index in [1.54, 1.807) is 10.9 Å². The number of nitrogens with one attached hydrogen (secondary N) is 1. The second-order valence-electron chi connectivity index (χ2n) is 2.98. The van der Waals surface area contributed by atoms with E-state index in [9.17, 15) is 4.79 Å². The van der Waals surface area contributed by atoms with Crippen LogP contribution in [0.1, 0.15) is 18.2 Å². The number of aromatic nitrogens is 2. The first-order valence-electron chi connectivity index (χ1n) is 4.03. The molecule has 1 aliphatic rings. The number of carbonyl (C=O) groups is 1. The standard InChI is InChI=1S/C8H11N3O/c1-11-6(2-5-10-11)8-7(12)3-4-9-8/h2,5,8-9H,3-4H2,1H3. The Morgan fingerprint density at radius 2 is 2.58 bits per heavy atom. The van der Waals surface area contributed by atoms with Crippen LogP contribution in [0.3, 0.4) is 0 Å². The zero-order valence-electron chi connectivity index (χ0n) is 6.95. The summed E-state index contributed by atoms with van der Waals surface area (Å²) in [6.07, 6.45) is 2.35. The Kier molecular flexibility index (Phi) is 1.69. The second-order valence-corrected chi connectivity index (χ2v) is 2.98. The molecule has 0 saturated carbocycles. The Hall–Kier alpha value is -1.16. The molecule has 1 aliphatic heterocycles. The Morgan fingerprint density at radius 1 is 1.75 bits per heavy atom. The van der Waals surface area contributed by atoms with Crippen LogP contribution in [-0.2, 0) is 11.8 Å². The van der Waals surface area contributed by atoms with Crippen LogP contribution in [0.2, 0.25) is 0 Å². The molecule has 1 unspecified atom stereocenters. The maximum absolute atomic E-state index is 11.3. The van der Waals surface area contributed by atoms with E-state index in [0.29, 0.717) is 6.42 Å². The number of aryl methyl sites for hydroxylation is 1. The molecule has 0 aromatic carbocycles. The molecule has 1 aromatic heterocycles. The molecule has 2 heterocycles. The minimum Gasteiger partial charge on any atom is -0.302 e. The highest BCUT2D eigenvalue weighted by Gasteiger charge is 2.27. The Bertz CT molecular complexity index is 305. The van der Waals surface area contributed by atoms with E-state index < -0.39 is 0 Å². The average molecular weight is 165 g/mol. The lowest BCUT2D eigenvalue weighted by molar-refractivity contribution is -0.118. The van der Waals surface area contributed by atoms with Crippen molar-refractivity contribution in [3.63, 3.8) is 0 Å². The van der Waals surface area contributed by atoms with Crippen molar-refractivity contribution in [3.8, 4) is 0 Å². The Morgan fingerprint density at radius 3 is 3.08 bits per heavy atom. The van der Waals surface area contributed by atoms with Gasteiger partial charge in [-0.15, -0.1) is 0 Å². The summed E-state index contributed by atoms with van der Waals surface area (Å²) >= 11 is 0. The van der Waals surface area contributed by atoms with Gasteiger partial charge in [-0.1, -0.05) is 0 Å². The normalized spacial score (nSPS) is 23.4. The minimum atomic E-state index is -0.127. The van der Waals surface area contributed by atoms with Crippen LogP contribution < -0.4 is 5.32 Å². The van der Waals surface area contributed by atoms with Crippen LogP contribution in [-0.4, -0.2) is 22.1 Å². The lowest BCUT2D eigenvalue weighted by Gasteiger charge is -2.08. The first-order chi connectivity index (χ1) is 5.79. The summed E-state index contributed by atoms with van der Waals surface area (Å²) in [5, 5.41) is 7.16. The first-order valence-corrected chi connectivity index (χ1v) is 4.03. The van der Waals surface area contributed by atoms with Gasteiger partial charge in [-0.2, -0.15) is 5.10 Å². The molecular weight excluding hydrogens is 154 g/mol. The van der Waals surface area contributed by atoms with Crippen molar-refractivity contribution in [2.24, 2.45) is 7.05 Å². The molecule has 0 spiro atoms. The fourth-order valence-corrected chi connectivity index (χ4v) is 1.53. The number of hydrogen-bond donors (Lipinski definition) is 1. The predicted molar refractivity (Wildman–Crippen MR) is 43.6 cm³/mol. The summed E-state index contributed by atoms with van der Waals surface area (Å²) in [7, 11) is 1.85. The molecule has 4 nitrogen and oxygen atoms in total. The quantitative estimate of drug-likeness (QED) is 0.638. The van der Waals surface area contributed by atoms with Gasteiger partial charge in [-0.25, -0.2) is 0 Å². The molecule has 0 bridgehead atoms. The van der Waals surface area contributed by atoms with Crippen LogP contribution in [0.15, 0.2) is 12.3 Å². The van der Waals surface area contributed by atoms with Crippen molar-refractivity contribution < 1.29 is 4.79 Å². The van der Waals surface area contributed by atoms with Gasteiger partial charge in [0.05, 0.1) is 5.69 Å². The Balaban J connectivity index is 2.30. The molecule has 2 rings (SSSR count). The van der Waals surface area contributed by atoms with E-state index in [-0.39, 0.29) is 11.8 Å². The average Bonchev–Trinajstić information content (AvgIpc) is 2.59. The molecule has 1 aromatic rings. The predicted octanol–water partition coefficient (Wildman–Crippen LogP) is 0.0236. The van der Waals surface area contributed by atoms with E-state index in [1.165, 1.54) is 0 Å². The van der Waals surface area contributed by atoms with E-state index in [0.717, 1.165) is 12.2 Å². The molecule has 4 heteroatoms. The van der Waals surface area contributed by atoms with Crippen molar-refractivity contribution in [1.29, 1.82) is 0 Å². The maximum atomic E-state index is 11.3. The zero-order chi connectivity index (χ0) is 8.55. The minimum absolute atomic E-state index is 0.127. The Labute approximate surface area is 70.6 Å². The van der Waals surface area contributed by atoms with Gasteiger partial charge < -0.3 is 5.32 Å². The van der Waals surface area contributed by atoms with Gasteiger partial charge in [-0.3, -0.25) is 9.48 Å². The third-order valence-corrected chi connectivity index (χ3v) is 2.20. The topological polar surface area (TPSA) is 46.9 Å². The SMILES string of the molecule is Cn1nccc1C1NCCC1=O. The smallest absolute Gasteiger partial charge is 0.157 e. The summed E-state index contributed by atoms with van der Waals surface area (Å²) in [6, 6.07) is 1.75.